The Balaban J connectivity index is 2.19. The van der Waals surface area contributed by atoms with Gasteiger partial charge in [-0.15, -0.1) is 0 Å². The Morgan fingerprint density at radius 3 is 2.79 bits per heavy atom. The van der Waals surface area contributed by atoms with Gasteiger partial charge in [0.25, 0.3) is 5.69 Å². The smallest absolute Gasteiger partial charge is 0.293 e. The summed E-state index contributed by atoms with van der Waals surface area (Å²) in [5.41, 5.74) is 2.15. The van der Waals surface area contributed by atoms with Crippen molar-refractivity contribution < 1.29 is 4.92 Å². The number of nitro groups is 1. The second kappa shape index (κ2) is 5.67. The van der Waals surface area contributed by atoms with Crippen LogP contribution in [0.5, 0.6) is 0 Å². The molecule has 0 amide bonds. The molecule has 0 unspecified atom stereocenters. The number of benzene rings is 1. The zero-order chi connectivity index (χ0) is 13.8. The van der Waals surface area contributed by atoms with Crippen molar-refractivity contribution >= 4 is 23.0 Å². The highest BCUT2D eigenvalue weighted by Crippen LogP contribution is 2.32. The zero-order valence-electron chi connectivity index (χ0n) is 10.3. The molecule has 0 aliphatic rings. The first-order valence-electron chi connectivity index (χ1n) is 5.66. The van der Waals surface area contributed by atoms with Crippen LogP contribution in [0.15, 0.2) is 36.5 Å². The Hall–Kier alpha value is -2.14. The van der Waals surface area contributed by atoms with E-state index in [0.29, 0.717) is 17.3 Å². The molecule has 0 saturated carbocycles. The van der Waals surface area contributed by atoms with Crippen molar-refractivity contribution in [1.82, 2.24) is 4.98 Å². The van der Waals surface area contributed by atoms with E-state index in [4.69, 9.17) is 11.6 Å². The van der Waals surface area contributed by atoms with Crippen LogP contribution < -0.4 is 5.32 Å². The summed E-state index contributed by atoms with van der Waals surface area (Å²) in [6, 6.07) is 8.39. The number of nitrogens with zero attached hydrogens (tertiary/aromatic N) is 2. The third-order valence-corrected chi connectivity index (χ3v) is 2.95. The summed E-state index contributed by atoms with van der Waals surface area (Å²) in [6.45, 7) is 2.33. The van der Waals surface area contributed by atoms with Crippen molar-refractivity contribution in [3.63, 3.8) is 0 Å². The SMILES string of the molecule is Cc1ccc(CNc2c(Cl)cccc2[N+](=O)[O-])cn1. The number of nitrogens with one attached hydrogen (secondary N) is 1. The van der Waals surface area contributed by atoms with Gasteiger partial charge in [0, 0.05) is 24.5 Å². The van der Waals surface area contributed by atoms with Crippen molar-refractivity contribution in [3.8, 4) is 0 Å². The van der Waals surface area contributed by atoms with E-state index in [1.165, 1.54) is 6.07 Å². The zero-order valence-corrected chi connectivity index (χ0v) is 11.0. The molecule has 1 aromatic heterocycles. The van der Waals surface area contributed by atoms with Gasteiger partial charge in [-0.1, -0.05) is 23.7 Å². The molecule has 0 aliphatic carbocycles. The fourth-order valence-corrected chi connectivity index (χ4v) is 1.87. The van der Waals surface area contributed by atoms with Crippen LogP contribution in [0.2, 0.25) is 5.02 Å². The van der Waals surface area contributed by atoms with Crippen LogP contribution >= 0.6 is 11.6 Å². The molecule has 0 fully saturated rings. The van der Waals surface area contributed by atoms with Crippen LogP contribution in [0, 0.1) is 17.0 Å². The van der Waals surface area contributed by atoms with Crippen molar-refractivity contribution in [2.75, 3.05) is 5.32 Å². The second-order valence-electron chi connectivity index (χ2n) is 4.05. The number of anilines is 1. The summed E-state index contributed by atoms with van der Waals surface area (Å²) < 4.78 is 0. The summed E-state index contributed by atoms with van der Waals surface area (Å²) in [4.78, 5) is 14.6. The number of hydrogen-bond donors (Lipinski definition) is 1. The number of pyridine rings is 1. The average molecular weight is 278 g/mol. The molecule has 1 aromatic carbocycles. The van der Waals surface area contributed by atoms with Gasteiger partial charge in [-0.2, -0.15) is 0 Å². The first kappa shape index (κ1) is 13.3. The van der Waals surface area contributed by atoms with E-state index >= 15 is 0 Å². The minimum atomic E-state index is -0.457. The molecular formula is C13H12ClN3O2. The molecule has 19 heavy (non-hydrogen) atoms. The van der Waals surface area contributed by atoms with Crippen LogP contribution in [0.25, 0.3) is 0 Å². The minimum absolute atomic E-state index is 0.0347. The lowest BCUT2D eigenvalue weighted by Crippen LogP contribution is -2.03. The Labute approximate surface area is 115 Å². The Morgan fingerprint density at radius 2 is 2.16 bits per heavy atom. The topological polar surface area (TPSA) is 68.1 Å². The Bertz CT molecular complexity index is 599. The number of nitro benzene ring substituents is 1. The normalized spacial score (nSPS) is 10.2. The lowest BCUT2D eigenvalue weighted by atomic mass is 10.2. The maximum absolute atomic E-state index is 10.9. The van der Waals surface area contributed by atoms with Gasteiger partial charge in [0.1, 0.15) is 5.69 Å². The largest absolute Gasteiger partial charge is 0.374 e. The molecule has 0 aliphatic heterocycles. The van der Waals surface area contributed by atoms with Crippen LogP contribution in [0.3, 0.4) is 0 Å². The van der Waals surface area contributed by atoms with Crippen LogP contribution in [-0.4, -0.2) is 9.91 Å². The summed E-state index contributed by atoms with van der Waals surface area (Å²) in [7, 11) is 0. The van der Waals surface area contributed by atoms with E-state index < -0.39 is 4.92 Å². The monoisotopic (exact) mass is 277 g/mol. The van der Waals surface area contributed by atoms with Crippen molar-refractivity contribution in [2.24, 2.45) is 0 Å². The third kappa shape index (κ3) is 3.20. The average Bonchev–Trinajstić information content (AvgIpc) is 2.39. The lowest BCUT2D eigenvalue weighted by molar-refractivity contribution is -0.383. The summed E-state index contributed by atoms with van der Waals surface area (Å²) >= 11 is 5.98. The minimum Gasteiger partial charge on any atom is -0.374 e. The molecule has 0 bridgehead atoms. The molecular weight excluding hydrogens is 266 g/mol. The molecule has 98 valence electrons. The predicted octanol–water partition coefficient (Wildman–Crippen LogP) is 3.56. The van der Waals surface area contributed by atoms with E-state index in [0.717, 1.165) is 11.3 Å². The third-order valence-electron chi connectivity index (χ3n) is 2.63. The maximum atomic E-state index is 10.9. The molecule has 0 atom stereocenters. The molecule has 5 nitrogen and oxygen atoms in total. The predicted molar refractivity (Wildman–Crippen MR) is 74.4 cm³/mol. The first-order valence-corrected chi connectivity index (χ1v) is 6.04. The van der Waals surface area contributed by atoms with Crippen molar-refractivity contribution in [2.45, 2.75) is 13.5 Å². The number of aryl methyl sites for hydroxylation is 1. The highest BCUT2D eigenvalue weighted by atomic mass is 35.5. The van der Waals surface area contributed by atoms with E-state index in [1.54, 1.807) is 18.3 Å². The number of para-hydroxylation sites is 1. The molecule has 1 N–H and O–H groups in total. The van der Waals surface area contributed by atoms with Crippen LogP contribution in [-0.2, 0) is 6.54 Å². The van der Waals surface area contributed by atoms with Gasteiger partial charge in [0.05, 0.1) is 9.95 Å². The number of hydrogen-bond acceptors (Lipinski definition) is 4. The van der Waals surface area contributed by atoms with E-state index in [9.17, 15) is 10.1 Å². The van der Waals surface area contributed by atoms with Gasteiger partial charge in [-0.25, -0.2) is 0 Å². The van der Waals surface area contributed by atoms with Crippen LogP contribution in [0.1, 0.15) is 11.3 Å². The fraction of sp³-hybridized carbons (Fsp3) is 0.154. The summed E-state index contributed by atoms with van der Waals surface area (Å²) in [5.74, 6) is 0. The second-order valence-corrected chi connectivity index (χ2v) is 4.46. The van der Waals surface area contributed by atoms with Gasteiger partial charge in [0.15, 0.2) is 0 Å². The molecule has 0 radical (unpaired) electrons. The van der Waals surface area contributed by atoms with Crippen LogP contribution in [0.4, 0.5) is 11.4 Å². The highest BCUT2D eigenvalue weighted by Gasteiger charge is 2.15. The number of halogens is 1. The van der Waals surface area contributed by atoms with Gasteiger partial charge in [-0.3, -0.25) is 15.1 Å². The van der Waals surface area contributed by atoms with E-state index in [-0.39, 0.29) is 5.69 Å². The molecule has 0 saturated heterocycles. The van der Waals surface area contributed by atoms with Gasteiger partial charge < -0.3 is 5.32 Å². The molecule has 2 rings (SSSR count). The Kier molecular flexibility index (Phi) is 3.97. The van der Waals surface area contributed by atoms with Gasteiger partial charge in [0.2, 0.25) is 0 Å². The maximum Gasteiger partial charge on any atom is 0.293 e. The lowest BCUT2D eigenvalue weighted by Gasteiger charge is -2.08. The number of rotatable bonds is 4. The van der Waals surface area contributed by atoms with Gasteiger partial charge in [-0.05, 0) is 24.6 Å². The Morgan fingerprint density at radius 1 is 1.37 bits per heavy atom. The van der Waals surface area contributed by atoms with Crippen molar-refractivity contribution in [3.05, 3.63) is 62.9 Å². The molecule has 6 heteroatoms. The van der Waals surface area contributed by atoms with E-state index in [2.05, 4.69) is 10.3 Å². The van der Waals surface area contributed by atoms with E-state index in [1.807, 2.05) is 19.1 Å². The van der Waals surface area contributed by atoms with Gasteiger partial charge >= 0.3 is 0 Å². The molecule has 1 heterocycles. The first-order chi connectivity index (χ1) is 9.08. The highest BCUT2D eigenvalue weighted by molar-refractivity contribution is 6.33. The standard InChI is InChI=1S/C13H12ClN3O2/c1-9-5-6-10(7-15-9)8-16-13-11(14)3-2-4-12(13)17(18)19/h2-7,16H,8H2,1H3. The summed E-state index contributed by atoms with van der Waals surface area (Å²) in [6.07, 6.45) is 1.73. The quantitative estimate of drug-likeness (QED) is 0.685. The molecule has 2 aromatic rings. The molecule has 0 spiro atoms. The number of aromatic nitrogens is 1. The fourth-order valence-electron chi connectivity index (χ4n) is 1.63. The summed E-state index contributed by atoms with van der Waals surface area (Å²) in [5, 5.41) is 14.2. The van der Waals surface area contributed by atoms with Crippen molar-refractivity contribution in [1.29, 1.82) is 0 Å².